The molecule has 1 aliphatic rings. The number of carbonyl (C=O) groups is 1. The molecule has 0 spiro atoms. The van der Waals surface area contributed by atoms with E-state index in [1.807, 2.05) is 13.8 Å². The Labute approximate surface area is 90.1 Å². The standard InChI is InChI=1S/C11H18O4/c1-4-13-11(12)10-7-9(6-8(10)3)15-14-5-2/h5,8-10H,2,4,6-7H2,1,3H3/t8-,9?,10-/m1/s1. The minimum Gasteiger partial charge on any atom is -0.466 e. The van der Waals surface area contributed by atoms with Gasteiger partial charge in [-0.3, -0.25) is 4.79 Å². The van der Waals surface area contributed by atoms with Crippen molar-refractivity contribution in [3.05, 3.63) is 12.8 Å². The summed E-state index contributed by atoms with van der Waals surface area (Å²) in [7, 11) is 0. The van der Waals surface area contributed by atoms with Gasteiger partial charge < -0.3 is 9.62 Å². The Morgan fingerprint density at radius 2 is 2.27 bits per heavy atom. The van der Waals surface area contributed by atoms with Crippen molar-refractivity contribution in [1.29, 1.82) is 0 Å². The molecule has 3 atom stereocenters. The van der Waals surface area contributed by atoms with E-state index in [4.69, 9.17) is 9.62 Å². The Hall–Kier alpha value is -1.03. The second-order valence-corrected chi connectivity index (χ2v) is 3.79. The minimum absolute atomic E-state index is 0.0348. The van der Waals surface area contributed by atoms with Crippen molar-refractivity contribution in [2.24, 2.45) is 11.8 Å². The molecule has 1 fully saturated rings. The molecule has 4 heteroatoms. The van der Waals surface area contributed by atoms with Crippen LogP contribution in [0.5, 0.6) is 0 Å². The topological polar surface area (TPSA) is 44.8 Å². The number of esters is 1. The van der Waals surface area contributed by atoms with Crippen LogP contribution < -0.4 is 0 Å². The van der Waals surface area contributed by atoms with Crippen molar-refractivity contribution in [1.82, 2.24) is 0 Å². The first kappa shape index (κ1) is 12.0. The van der Waals surface area contributed by atoms with Crippen molar-refractivity contribution in [2.45, 2.75) is 32.8 Å². The fraction of sp³-hybridized carbons (Fsp3) is 0.727. The van der Waals surface area contributed by atoms with E-state index < -0.39 is 0 Å². The van der Waals surface area contributed by atoms with Crippen LogP contribution in [0.15, 0.2) is 12.8 Å². The first-order valence-electron chi connectivity index (χ1n) is 5.28. The summed E-state index contributed by atoms with van der Waals surface area (Å²) in [5.74, 6) is 0.0838. The van der Waals surface area contributed by atoms with Crippen LogP contribution in [0.2, 0.25) is 0 Å². The molecule has 0 saturated heterocycles. The summed E-state index contributed by atoms with van der Waals surface area (Å²) < 4.78 is 4.99. The van der Waals surface area contributed by atoms with Gasteiger partial charge in [-0.2, -0.15) is 4.89 Å². The van der Waals surface area contributed by atoms with Crippen LogP contribution in [0.4, 0.5) is 0 Å². The molecule has 0 aromatic rings. The van der Waals surface area contributed by atoms with Crippen molar-refractivity contribution < 1.29 is 19.3 Å². The zero-order valence-electron chi connectivity index (χ0n) is 9.27. The Morgan fingerprint density at radius 1 is 1.53 bits per heavy atom. The fourth-order valence-electron chi connectivity index (χ4n) is 1.96. The van der Waals surface area contributed by atoms with Gasteiger partial charge in [0.15, 0.2) is 0 Å². The lowest BCUT2D eigenvalue weighted by atomic mass is 9.99. The Kier molecular flexibility index (Phi) is 4.62. The van der Waals surface area contributed by atoms with Gasteiger partial charge in [0.05, 0.1) is 12.5 Å². The lowest BCUT2D eigenvalue weighted by Gasteiger charge is -2.12. The molecule has 0 N–H and O–H groups in total. The quantitative estimate of drug-likeness (QED) is 0.304. The molecule has 1 aliphatic carbocycles. The first-order valence-corrected chi connectivity index (χ1v) is 5.28. The molecule has 0 heterocycles. The molecule has 1 rings (SSSR count). The van der Waals surface area contributed by atoms with Gasteiger partial charge in [0.2, 0.25) is 0 Å². The highest BCUT2D eigenvalue weighted by Crippen LogP contribution is 2.34. The van der Waals surface area contributed by atoms with Crippen LogP contribution in [0, 0.1) is 11.8 Å². The molecule has 1 unspecified atom stereocenters. The Morgan fingerprint density at radius 3 is 2.87 bits per heavy atom. The van der Waals surface area contributed by atoms with E-state index in [0.29, 0.717) is 13.0 Å². The van der Waals surface area contributed by atoms with Crippen LogP contribution in [0.1, 0.15) is 26.7 Å². The molecular weight excluding hydrogens is 196 g/mol. The predicted octanol–water partition coefficient (Wildman–Crippen LogP) is 2.06. The summed E-state index contributed by atoms with van der Waals surface area (Å²) in [4.78, 5) is 21.3. The van der Waals surface area contributed by atoms with E-state index >= 15 is 0 Å². The largest absolute Gasteiger partial charge is 0.466 e. The van der Waals surface area contributed by atoms with Crippen LogP contribution in [0.25, 0.3) is 0 Å². The summed E-state index contributed by atoms with van der Waals surface area (Å²) in [6.45, 7) is 7.65. The average molecular weight is 214 g/mol. The normalized spacial score (nSPS) is 29.9. The molecule has 86 valence electrons. The van der Waals surface area contributed by atoms with E-state index in [9.17, 15) is 4.79 Å². The van der Waals surface area contributed by atoms with Gasteiger partial charge in [-0.15, -0.1) is 0 Å². The van der Waals surface area contributed by atoms with E-state index in [1.165, 1.54) is 6.26 Å². The molecule has 0 radical (unpaired) electrons. The molecule has 0 aromatic carbocycles. The number of hydrogen-bond acceptors (Lipinski definition) is 4. The van der Waals surface area contributed by atoms with E-state index in [0.717, 1.165) is 6.42 Å². The zero-order valence-corrected chi connectivity index (χ0v) is 9.27. The number of carbonyl (C=O) groups excluding carboxylic acids is 1. The lowest BCUT2D eigenvalue weighted by molar-refractivity contribution is -0.281. The van der Waals surface area contributed by atoms with Gasteiger partial charge in [0.1, 0.15) is 12.4 Å². The number of hydrogen-bond donors (Lipinski definition) is 0. The Bertz CT molecular complexity index is 227. The molecule has 0 amide bonds. The van der Waals surface area contributed by atoms with Crippen LogP contribution in [0.3, 0.4) is 0 Å². The average Bonchev–Trinajstić information content (AvgIpc) is 2.57. The summed E-state index contributed by atoms with van der Waals surface area (Å²) in [5, 5.41) is 0. The third-order valence-corrected chi connectivity index (χ3v) is 2.69. The summed E-state index contributed by atoms with van der Waals surface area (Å²) in [6.07, 6.45) is 2.68. The van der Waals surface area contributed by atoms with Gasteiger partial charge in [0, 0.05) is 0 Å². The van der Waals surface area contributed by atoms with Crippen LogP contribution in [-0.4, -0.2) is 18.7 Å². The van der Waals surface area contributed by atoms with Crippen molar-refractivity contribution in [3.8, 4) is 0 Å². The van der Waals surface area contributed by atoms with Crippen LogP contribution in [-0.2, 0) is 19.3 Å². The fourth-order valence-corrected chi connectivity index (χ4v) is 1.96. The Balaban J connectivity index is 2.41. The summed E-state index contributed by atoms with van der Waals surface area (Å²) in [6, 6.07) is 0. The molecule has 1 saturated carbocycles. The third-order valence-electron chi connectivity index (χ3n) is 2.69. The first-order chi connectivity index (χ1) is 7.19. The molecule has 0 aromatic heterocycles. The maximum absolute atomic E-state index is 11.5. The smallest absolute Gasteiger partial charge is 0.309 e. The van der Waals surface area contributed by atoms with Gasteiger partial charge in [-0.25, -0.2) is 0 Å². The summed E-state index contributed by atoms with van der Waals surface area (Å²) >= 11 is 0. The van der Waals surface area contributed by atoms with Gasteiger partial charge in [-0.05, 0) is 25.7 Å². The van der Waals surface area contributed by atoms with Crippen molar-refractivity contribution in [2.75, 3.05) is 6.61 Å². The number of ether oxygens (including phenoxy) is 1. The molecule has 4 nitrogen and oxygen atoms in total. The lowest BCUT2D eigenvalue weighted by Crippen LogP contribution is -2.20. The summed E-state index contributed by atoms with van der Waals surface area (Å²) in [5.41, 5.74) is 0. The van der Waals surface area contributed by atoms with E-state index in [1.54, 1.807) is 0 Å². The van der Waals surface area contributed by atoms with Crippen LogP contribution >= 0.6 is 0 Å². The predicted molar refractivity (Wildman–Crippen MR) is 54.7 cm³/mol. The monoisotopic (exact) mass is 214 g/mol. The van der Waals surface area contributed by atoms with Crippen molar-refractivity contribution >= 4 is 5.97 Å². The SMILES string of the molecule is C=COOC1C[C@@H](C)[C@H](C(=O)OCC)C1. The number of rotatable bonds is 5. The molecule has 0 bridgehead atoms. The second kappa shape index (κ2) is 5.75. The second-order valence-electron chi connectivity index (χ2n) is 3.79. The van der Waals surface area contributed by atoms with Crippen molar-refractivity contribution in [3.63, 3.8) is 0 Å². The molecular formula is C11H18O4. The highest BCUT2D eigenvalue weighted by atomic mass is 17.2. The molecule has 0 aliphatic heterocycles. The highest BCUT2D eigenvalue weighted by molar-refractivity contribution is 5.73. The maximum Gasteiger partial charge on any atom is 0.309 e. The van der Waals surface area contributed by atoms with E-state index in [-0.39, 0.29) is 23.9 Å². The minimum atomic E-state index is -0.130. The van der Waals surface area contributed by atoms with Gasteiger partial charge >= 0.3 is 5.97 Å². The molecule has 15 heavy (non-hydrogen) atoms. The van der Waals surface area contributed by atoms with Gasteiger partial charge in [-0.1, -0.05) is 13.5 Å². The third kappa shape index (κ3) is 3.23. The maximum atomic E-state index is 11.5. The zero-order chi connectivity index (χ0) is 11.3. The van der Waals surface area contributed by atoms with E-state index in [2.05, 4.69) is 11.5 Å². The highest BCUT2D eigenvalue weighted by Gasteiger charge is 2.38. The van der Waals surface area contributed by atoms with Gasteiger partial charge in [0.25, 0.3) is 0 Å².